The summed E-state index contributed by atoms with van der Waals surface area (Å²) in [7, 11) is 0. The number of ether oxygens (including phenoxy) is 1. The normalized spacial score (nSPS) is 24.2. The van der Waals surface area contributed by atoms with Crippen molar-refractivity contribution >= 4 is 5.91 Å². The summed E-state index contributed by atoms with van der Waals surface area (Å²) in [5.74, 6) is 0.315. The first-order valence-electron chi connectivity index (χ1n) is 5.46. The molecule has 0 bridgehead atoms. The molecule has 1 fully saturated rings. The second kappa shape index (κ2) is 6.75. The zero-order valence-electron chi connectivity index (χ0n) is 9.12. The minimum Gasteiger partial charge on any atom is -0.375 e. The van der Waals surface area contributed by atoms with Crippen LogP contribution in [0.2, 0.25) is 0 Å². The van der Waals surface area contributed by atoms with Gasteiger partial charge >= 0.3 is 0 Å². The standard InChI is InChI=1S/C10H18F2N2O2/c11-9(12)6-16-2-1-10(15)14-5-7-3-8(13)4-7/h7-9H,1-6,13H2,(H,14,15). The average Bonchev–Trinajstić information content (AvgIpc) is 2.17. The second-order valence-corrected chi connectivity index (χ2v) is 4.12. The third kappa shape index (κ3) is 5.37. The molecule has 6 heteroatoms. The lowest BCUT2D eigenvalue weighted by Crippen LogP contribution is -2.42. The number of nitrogens with two attached hydrogens (primary N) is 1. The first kappa shape index (κ1) is 13.3. The van der Waals surface area contributed by atoms with E-state index >= 15 is 0 Å². The van der Waals surface area contributed by atoms with Crippen LogP contribution in [0.25, 0.3) is 0 Å². The Kier molecular flexibility index (Phi) is 5.62. The largest absolute Gasteiger partial charge is 0.375 e. The predicted molar refractivity (Wildman–Crippen MR) is 55.1 cm³/mol. The van der Waals surface area contributed by atoms with Gasteiger partial charge in [-0.2, -0.15) is 0 Å². The quantitative estimate of drug-likeness (QED) is 0.633. The van der Waals surface area contributed by atoms with Crippen molar-refractivity contribution in [3.05, 3.63) is 0 Å². The van der Waals surface area contributed by atoms with Gasteiger partial charge in [0.2, 0.25) is 5.91 Å². The van der Waals surface area contributed by atoms with E-state index in [2.05, 4.69) is 10.1 Å². The van der Waals surface area contributed by atoms with Crippen molar-refractivity contribution in [1.82, 2.24) is 5.32 Å². The average molecular weight is 236 g/mol. The van der Waals surface area contributed by atoms with Gasteiger partial charge in [-0.05, 0) is 18.8 Å². The Balaban J connectivity index is 1.91. The maximum absolute atomic E-state index is 11.7. The Morgan fingerprint density at radius 3 is 2.75 bits per heavy atom. The number of alkyl halides is 2. The van der Waals surface area contributed by atoms with Gasteiger partial charge in [-0.3, -0.25) is 4.79 Å². The number of hydrogen-bond acceptors (Lipinski definition) is 3. The molecular weight excluding hydrogens is 218 g/mol. The monoisotopic (exact) mass is 236 g/mol. The van der Waals surface area contributed by atoms with Gasteiger partial charge < -0.3 is 15.8 Å². The molecule has 0 aromatic heterocycles. The maximum atomic E-state index is 11.7. The highest BCUT2D eigenvalue weighted by atomic mass is 19.3. The summed E-state index contributed by atoms with van der Waals surface area (Å²) in [5, 5.41) is 2.73. The topological polar surface area (TPSA) is 64.3 Å². The van der Waals surface area contributed by atoms with Gasteiger partial charge in [-0.1, -0.05) is 0 Å². The molecule has 0 saturated heterocycles. The molecule has 16 heavy (non-hydrogen) atoms. The highest BCUT2D eigenvalue weighted by Crippen LogP contribution is 2.24. The van der Waals surface area contributed by atoms with Gasteiger partial charge in [0.25, 0.3) is 6.43 Å². The fraction of sp³-hybridized carbons (Fsp3) is 0.900. The van der Waals surface area contributed by atoms with Gasteiger partial charge in [-0.25, -0.2) is 8.78 Å². The van der Waals surface area contributed by atoms with Crippen LogP contribution < -0.4 is 11.1 Å². The zero-order chi connectivity index (χ0) is 12.0. The Labute approximate surface area is 93.5 Å². The van der Waals surface area contributed by atoms with E-state index in [9.17, 15) is 13.6 Å². The lowest BCUT2D eigenvalue weighted by Gasteiger charge is -2.32. The van der Waals surface area contributed by atoms with E-state index in [4.69, 9.17) is 5.73 Å². The molecule has 3 N–H and O–H groups in total. The highest BCUT2D eigenvalue weighted by molar-refractivity contribution is 5.75. The molecule has 0 atom stereocenters. The smallest absolute Gasteiger partial charge is 0.261 e. The van der Waals surface area contributed by atoms with Crippen LogP contribution >= 0.6 is 0 Å². The molecule has 94 valence electrons. The van der Waals surface area contributed by atoms with E-state index in [1.165, 1.54) is 0 Å². The second-order valence-electron chi connectivity index (χ2n) is 4.12. The van der Waals surface area contributed by atoms with Crippen LogP contribution in [0.4, 0.5) is 8.78 Å². The summed E-state index contributed by atoms with van der Waals surface area (Å²) in [6, 6.07) is 0.274. The number of halogens is 2. The van der Waals surface area contributed by atoms with E-state index in [0.717, 1.165) is 12.8 Å². The van der Waals surface area contributed by atoms with Crippen LogP contribution in [0, 0.1) is 5.92 Å². The summed E-state index contributed by atoms with van der Waals surface area (Å²) in [6.07, 6.45) is -0.449. The van der Waals surface area contributed by atoms with Crippen molar-refractivity contribution in [2.24, 2.45) is 11.7 Å². The Morgan fingerprint density at radius 2 is 2.19 bits per heavy atom. The van der Waals surface area contributed by atoms with Gasteiger partial charge in [0.15, 0.2) is 0 Å². The minimum atomic E-state index is -2.47. The first-order valence-corrected chi connectivity index (χ1v) is 5.46. The highest BCUT2D eigenvalue weighted by Gasteiger charge is 2.25. The summed E-state index contributed by atoms with van der Waals surface area (Å²) < 4.78 is 27.9. The van der Waals surface area contributed by atoms with Crippen LogP contribution in [0.1, 0.15) is 19.3 Å². The van der Waals surface area contributed by atoms with Gasteiger partial charge in [0, 0.05) is 19.0 Å². The molecule has 0 aromatic rings. The van der Waals surface area contributed by atoms with Crippen molar-refractivity contribution in [3.8, 4) is 0 Å². The number of rotatable bonds is 7. The number of carbonyl (C=O) groups is 1. The van der Waals surface area contributed by atoms with E-state index in [0.29, 0.717) is 12.5 Å². The van der Waals surface area contributed by atoms with Crippen molar-refractivity contribution in [1.29, 1.82) is 0 Å². The zero-order valence-corrected chi connectivity index (χ0v) is 9.12. The van der Waals surface area contributed by atoms with Crippen LogP contribution in [-0.2, 0) is 9.53 Å². The Morgan fingerprint density at radius 1 is 1.50 bits per heavy atom. The molecule has 4 nitrogen and oxygen atoms in total. The molecule has 0 radical (unpaired) electrons. The summed E-state index contributed by atoms with van der Waals surface area (Å²) >= 11 is 0. The third-order valence-corrected chi connectivity index (χ3v) is 2.58. The van der Waals surface area contributed by atoms with Crippen LogP contribution in [0.5, 0.6) is 0 Å². The maximum Gasteiger partial charge on any atom is 0.261 e. The third-order valence-electron chi connectivity index (χ3n) is 2.58. The number of hydrogen-bond donors (Lipinski definition) is 2. The molecule has 1 aliphatic rings. The fourth-order valence-corrected chi connectivity index (χ4v) is 1.64. The molecular formula is C10H18F2N2O2. The predicted octanol–water partition coefficient (Wildman–Crippen LogP) is 0.512. The molecule has 0 aliphatic heterocycles. The van der Waals surface area contributed by atoms with Gasteiger partial charge in [0.05, 0.1) is 6.61 Å². The van der Waals surface area contributed by atoms with Crippen molar-refractivity contribution in [2.45, 2.75) is 31.7 Å². The van der Waals surface area contributed by atoms with E-state index in [1.807, 2.05) is 0 Å². The number of amides is 1. The van der Waals surface area contributed by atoms with Gasteiger partial charge in [0.1, 0.15) is 6.61 Å². The van der Waals surface area contributed by atoms with Crippen molar-refractivity contribution < 1.29 is 18.3 Å². The Hall–Kier alpha value is -0.750. The van der Waals surface area contributed by atoms with Crippen LogP contribution in [0.3, 0.4) is 0 Å². The molecule has 1 aliphatic carbocycles. The number of nitrogens with one attached hydrogen (secondary N) is 1. The molecule has 1 saturated carbocycles. The van der Waals surface area contributed by atoms with Gasteiger partial charge in [-0.15, -0.1) is 0 Å². The fourth-order valence-electron chi connectivity index (χ4n) is 1.64. The minimum absolute atomic E-state index is 0.0420. The molecule has 0 unspecified atom stereocenters. The van der Waals surface area contributed by atoms with E-state index in [1.54, 1.807) is 0 Å². The van der Waals surface area contributed by atoms with E-state index in [-0.39, 0.29) is 25.0 Å². The SMILES string of the molecule is NC1CC(CNC(=O)CCOCC(F)F)C1. The van der Waals surface area contributed by atoms with Crippen LogP contribution in [-0.4, -0.2) is 38.1 Å². The molecule has 0 spiro atoms. The lowest BCUT2D eigenvalue weighted by atomic mass is 9.81. The number of carbonyl (C=O) groups excluding carboxylic acids is 1. The van der Waals surface area contributed by atoms with Crippen molar-refractivity contribution in [3.63, 3.8) is 0 Å². The molecule has 0 heterocycles. The molecule has 1 rings (SSSR count). The molecule has 1 amide bonds. The van der Waals surface area contributed by atoms with E-state index < -0.39 is 13.0 Å². The summed E-state index contributed by atoms with van der Waals surface area (Å²) in [6.45, 7) is 0.0620. The summed E-state index contributed by atoms with van der Waals surface area (Å²) in [4.78, 5) is 11.2. The first-order chi connectivity index (χ1) is 7.58. The lowest BCUT2D eigenvalue weighted by molar-refractivity contribution is -0.122. The molecule has 0 aromatic carbocycles. The Bertz CT molecular complexity index is 221. The summed E-state index contributed by atoms with van der Waals surface area (Å²) in [5.41, 5.74) is 5.60. The van der Waals surface area contributed by atoms with Crippen molar-refractivity contribution in [2.75, 3.05) is 19.8 Å². The van der Waals surface area contributed by atoms with Crippen LogP contribution in [0.15, 0.2) is 0 Å².